The number of carbonyl (C=O) groups is 2. The van der Waals surface area contributed by atoms with Crippen LogP contribution >= 0.6 is 0 Å². The molecule has 0 aliphatic carbocycles. The molecule has 1 N–H and O–H groups in total. The van der Waals surface area contributed by atoms with Crippen molar-refractivity contribution in [2.24, 2.45) is 0 Å². The number of piperazine rings is 1. The minimum atomic E-state index is -1.08. The first-order valence-electron chi connectivity index (χ1n) is 7.43. The zero-order valence-electron chi connectivity index (χ0n) is 12.1. The maximum Gasteiger partial charge on any atom is 0.338 e. The molecule has 1 aromatic heterocycles. The molecule has 3 heterocycles. The number of piperidine rings is 1. The molecule has 0 aromatic carbocycles. The van der Waals surface area contributed by atoms with Gasteiger partial charge in [0.2, 0.25) is 0 Å². The molecular weight excluding hydrogens is 272 g/mol. The van der Waals surface area contributed by atoms with Crippen molar-refractivity contribution in [3.8, 4) is 0 Å². The van der Waals surface area contributed by atoms with Crippen molar-refractivity contribution >= 4 is 11.9 Å². The van der Waals surface area contributed by atoms with E-state index in [0.29, 0.717) is 12.6 Å². The fraction of sp³-hybridized carbons (Fsp3) is 0.600. The van der Waals surface area contributed by atoms with Crippen molar-refractivity contribution in [1.82, 2.24) is 9.80 Å². The summed E-state index contributed by atoms with van der Waals surface area (Å²) in [6, 6.07) is 1.85. The molecule has 2 aliphatic rings. The number of carbonyl (C=O) groups excluding carboxylic acids is 1. The summed E-state index contributed by atoms with van der Waals surface area (Å²) in [5, 5.41) is 8.91. The first kappa shape index (κ1) is 14.1. The number of carboxylic acids is 1. The van der Waals surface area contributed by atoms with E-state index in [1.165, 1.54) is 18.9 Å². The van der Waals surface area contributed by atoms with Gasteiger partial charge in [-0.15, -0.1) is 0 Å². The summed E-state index contributed by atoms with van der Waals surface area (Å²) in [6.45, 7) is 4.72. The highest BCUT2D eigenvalue weighted by Crippen LogP contribution is 2.25. The second kappa shape index (κ2) is 5.52. The third-order valence-electron chi connectivity index (χ3n) is 4.51. The molecule has 2 fully saturated rings. The van der Waals surface area contributed by atoms with Crippen LogP contribution in [0.4, 0.5) is 0 Å². The highest BCUT2D eigenvalue weighted by Gasteiger charge is 2.36. The summed E-state index contributed by atoms with van der Waals surface area (Å²) >= 11 is 0. The number of hydrogen-bond acceptors (Lipinski definition) is 4. The molecule has 21 heavy (non-hydrogen) atoms. The van der Waals surface area contributed by atoms with Gasteiger partial charge in [0.05, 0.1) is 5.56 Å². The Labute approximate surface area is 123 Å². The summed E-state index contributed by atoms with van der Waals surface area (Å²) in [5.74, 6) is -1.17. The minimum Gasteiger partial charge on any atom is -0.478 e. The van der Waals surface area contributed by atoms with Gasteiger partial charge in [0.1, 0.15) is 6.26 Å². The third-order valence-corrected chi connectivity index (χ3v) is 4.51. The number of hydrogen-bond donors (Lipinski definition) is 1. The minimum absolute atomic E-state index is 0.0160. The predicted molar refractivity (Wildman–Crippen MR) is 75.4 cm³/mol. The van der Waals surface area contributed by atoms with E-state index in [1.54, 1.807) is 0 Å². The van der Waals surface area contributed by atoms with E-state index in [4.69, 9.17) is 9.52 Å². The highest BCUT2D eigenvalue weighted by atomic mass is 16.4. The second-order valence-electron chi connectivity index (χ2n) is 5.96. The van der Waals surface area contributed by atoms with Crippen molar-refractivity contribution in [3.05, 3.63) is 23.7 Å². The largest absolute Gasteiger partial charge is 0.478 e. The van der Waals surface area contributed by atoms with Crippen molar-refractivity contribution in [1.29, 1.82) is 0 Å². The van der Waals surface area contributed by atoms with Gasteiger partial charge in [-0.05, 0) is 26.3 Å². The average Bonchev–Trinajstić information content (AvgIpc) is 2.96. The smallest absolute Gasteiger partial charge is 0.338 e. The van der Waals surface area contributed by atoms with E-state index in [-0.39, 0.29) is 23.3 Å². The zero-order valence-corrected chi connectivity index (χ0v) is 12.1. The van der Waals surface area contributed by atoms with E-state index in [2.05, 4.69) is 4.90 Å². The molecule has 1 aromatic rings. The SMILES string of the molecule is CC1CN2CCCCC2CN1C(=O)c1cc(C(=O)O)co1. The Bertz CT molecular complexity index is 554. The van der Waals surface area contributed by atoms with Gasteiger partial charge in [-0.3, -0.25) is 9.69 Å². The van der Waals surface area contributed by atoms with Crippen molar-refractivity contribution in [2.75, 3.05) is 19.6 Å². The highest BCUT2D eigenvalue weighted by molar-refractivity contribution is 5.95. The van der Waals surface area contributed by atoms with Gasteiger partial charge in [-0.1, -0.05) is 6.42 Å². The second-order valence-corrected chi connectivity index (χ2v) is 5.96. The molecule has 6 heteroatoms. The van der Waals surface area contributed by atoms with Crippen molar-refractivity contribution in [2.45, 2.75) is 38.3 Å². The summed E-state index contributed by atoms with van der Waals surface area (Å²) in [7, 11) is 0. The van der Waals surface area contributed by atoms with Crippen molar-refractivity contribution in [3.63, 3.8) is 0 Å². The summed E-state index contributed by atoms with van der Waals surface area (Å²) in [6.07, 6.45) is 4.69. The Morgan fingerprint density at radius 2 is 2.14 bits per heavy atom. The molecule has 2 aliphatic heterocycles. The van der Waals surface area contributed by atoms with E-state index in [0.717, 1.165) is 25.8 Å². The zero-order chi connectivity index (χ0) is 15.0. The quantitative estimate of drug-likeness (QED) is 0.897. The number of aromatic carboxylic acids is 1. The number of rotatable bonds is 2. The van der Waals surface area contributed by atoms with Crippen LogP contribution in [-0.4, -0.2) is 58.5 Å². The van der Waals surface area contributed by atoms with Crippen LogP contribution < -0.4 is 0 Å². The number of furan rings is 1. The van der Waals surface area contributed by atoms with Gasteiger partial charge in [-0.2, -0.15) is 0 Å². The average molecular weight is 292 g/mol. The first-order chi connectivity index (χ1) is 10.1. The Morgan fingerprint density at radius 3 is 2.86 bits per heavy atom. The van der Waals surface area contributed by atoms with Gasteiger partial charge < -0.3 is 14.4 Å². The first-order valence-corrected chi connectivity index (χ1v) is 7.43. The molecule has 2 unspecified atom stereocenters. The summed E-state index contributed by atoms with van der Waals surface area (Å²) in [5.41, 5.74) is 0.0160. The van der Waals surface area contributed by atoms with Gasteiger partial charge in [0.15, 0.2) is 5.76 Å². The van der Waals surface area contributed by atoms with Gasteiger partial charge in [0, 0.05) is 31.2 Å². The molecule has 0 bridgehead atoms. The third kappa shape index (κ3) is 2.68. The summed E-state index contributed by atoms with van der Waals surface area (Å²) in [4.78, 5) is 27.7. The van der Waals surface area contributed by atoms with Crippen LogP contribution in [0, 0.1) is 0 Å². The van der Waals surface area contributed by atoms with Gasteiger partial charge >= 0.3 is 5.97 Å². The van der Waals surface area contributed by atoms with Crippen LogP contribution in [0.25, 0.3) is 0 Å². The molecule has 0 saturated carbocycles. The molecule has 1 amide bonds. The lowest BCUT2D eigenvalue weighted by molar-refractivity contribution is 0.0133. The Kier molecular flexibility index (Phi) is 3.71. The topological polar surface area (TPSA) is 74.0 Å². The van der Waals surface area contributed by atoms with E-state index >= 15 is 0 Å². The van der Waals surface area contributed by atoms with Crippen molar-refractivity contribution < 1.29 is 19.1 Å². The van der Waals surface area contributed by atoms with Crippen LogP contribution in [0.3, 0.4) is 0 Å². The van der Waals surface area contributed by atoms with Crippen LogP contribution in [0.5, 0.6) is 0 Å². The predicted octanol–water partition coefficient (Wildman–Crippen LogP) is 1.68. The van der Waals surface area contributed by atoms with E-state index in [1.807, 2.05) is 11.8 Å². The lowest BCUT2D eigenvalue weighted by Crippen LogP contribution is -2.60. The van der Waals surface area contributed by atoms with E-state index in [9.17, 15) is 9.59 Å². The normalized spacial score (nSPS) is 26.4. The van der Waals surface area contributed by atoms with Crippen LogP contribution in [0.2, 0.25) is 0 Å². The Morgan fingerprint density at radius 1 is 1.33 bits per heavy atom. The fourth-order valence-electron chi connectivity index (χ4n) is 3.34. The molecular formula is C15H20N2O4. The molecule has 2 atom stereocenters. The number of carboxylic acid groups (broad SMARTS) is 1. The molecule has 0 radical (unpaired) electrons. The molecule has 0 spiro atoms. The van der Waals surface area contributed by atoms with Crippen LogP contribution in [0.1, 0.15) is 47.1 Å². The van der Waals surface area contributed by atoms with Crippen LogP contribution in [0.15, 0.2) is 16.7 Å². The molecule has 2 saturated heterocycles. The molecule has 3 rings (SSSR count). The Balaban J connectivity index is 1.75. The Hall–Kier alpha value is -1.82. The van der Waals surface area contributed by atoms with Gasteiger partial charge in [-0.25, -0.2) is 4.79 Å². The lowest BCUT2D eigenvalue weighted by atomic mass is 9.97. The van der Waals surface area contributed by atoms with Gasteiger partial charge in [0.25, 0.3) is 5.91 Å². The number of amides is 1. The maximum absolute atomic E-state index is 12.5. The maximum atomic E-state index is 12.5. The number of fused-ring (bicyclic) bond motifs is 1. The standard InChI is InChI=1S/C15H20N2O4/c1-10-7-16-5-3-2-4-12(16)8-17(10)14(18)13-6-11(9-21-13)15(19)20/h6,9-10,12H,2-5,7-8H2,1H3,(H,19,20). The molecule has 6 nitrogen and oxygen atoms in total. The lowest BCUT2D eigenvalue weighted by Gasteiger charge is -2.47. The number of nitrogens with zero attached hydrogens (tertiary/aromatic N) is 2. The van der Waals surface area contributed by atoms with Crippen LogP contribution in [-0.2, 0) is 0 Å². The summed E-state index contributed by atoms with van der Waals surface area (Å²) < 4.78 is 5.14. The molecule has 114 valence electrons. The fourth-order valence-corrected chi connectivity index (χ4v) is 3.34. The van der Waals surface area contributed by atoms with E-state index < -0.39 is 5.97 Å². The monoisotopic (exact) mass is 292 g/mol.